The van der Waals surface area contributed by atoms with Crippen molar-refractivity contribution < 1.29 is 9.13 Å². The monoisotopic (exact) mass is 408 g/mol. The van der Waals surface area contributed by atoms with Crippen LogP contribution in [0.15, 0.2) is 60.7 Å². The van der Waals surface area contributed by atoms with E-state index in [1.807, 2.05) is 24.3 Å². The van der Waals surface area contributed by atoms with Gasteiger partial charge in [0.2, 0.25) is 0 Å². The van der Waals surface area contributed by atoms with Crippen LogP contribution in [-0.4, -0.2) is 6.61 Å². The van der Waals surface area contributed by atoms with E-state index in [1.165, 1.54) is 76.3 Å². The maximum atomic E-state index is 13.1. The summed E-state index contributed by atoms with van der Waals surface area (Å²) in [6.45, 7) is 2.90. The third-order valence-electron chi connectivity index (χ3n) is 6.39. The molecular weight excluding hydrogens is 371 g/mol. The summed E-state index contributed by atoms with van der Waals surface area (Å²) in [4.78, 5) is 0. The summed E-state index contributed by atoms with van der Waals surface area (Å²) < 4.78 is 18.9. The van der Waals surface area contributed by atoms with E-state index in [-0.39, 0.29) is 5.82 Å². The zero-order valence-electron chi connectivity index (χ0n) is 18.5. The van der Waals surface area contributed by atoms with E-state index >= 15 is 0 Å². The van der Waals surface area contributed by atoms with Gasteiger partial charge in [-0.05, 0) is 72.9 Å². The van der Waals surface area contributed by atoms with Crippen LogP contribution in [0.2, 0.25) is 0 Å². The van der Waals surface area contributed by atoms with Crippen molar-refractivity contribution >= 4 is 0 Å². The van der Waals surface area contributed by atoms with Crippen LogP contribution in [0, 0.1) is 17.7 Å². The summed E-state index contributed by atoms with van der Waals surface area (Å²) in [5.41, 5.74) is 2.08. The number of hydrogen-bond acceptors (Lipinski definition) is 1. The van der Waals surface area contributed by atoms with E-state index in [9.17, 15) is 4.39 Å². The van der Waals surface area contributed by atoms with Crippen molar-refractivity contribution in [3.05, 3.63) is 66.5 Å². The zero-order valence-corrected chi connectivity index (χ0v) is 18.5. The van der Waals surface area contributed by atoms with Gasteiger partial charge in [-0.3, -0.25) is 0 Å². The SMILES string of the molecule is CCCCCCC[C@H]1CC[C@H](/C=C/COc2ccc(-c3ccc(F)cc3)cc2)CC1. The lowest BCUT2D eigenvalue weighted by Gasteiger charge is -2.26. The predicted molar refractivity (Wildman–Crippen MR) is 125 cm³/mol. The first-order valence-electron chi connectivity index (χ1n) is 11.9. The van der Waals surface area contributed by atoms with E-state index in [4.69, 9.17) is 4.74 Å². The van der Waals surface area contributed by atoms with Crippen LogP contribution in [0.3, 0.4) is 0 Å². The summed E-state index contributed by atoms with van der Waals surface area (Å²) in [7, 11) is 0. The highest BCUT2D eigenvalue weighted by molar-refractivity contribution is 5.63. The summed E-state index contributed by atoms with van der Waals surface area (Å²) in [5.74, 6) is 2.36. The van der Waals surface area contributed by atoms with Crippen molar-refractivity contribution in [3.63, 3.8) is 0 Å². The summed E-state index contributed by atoms with van der Waals surface area (Å²) in [5, 5.41) is 0. The smallest absolute Gasteiger partial charge is 0.123 e. The molecule has 2 heteroatoms. The molecule has 0 saturated heterocycles. The van der Waals surface area contributed by atoms with Gasteiger partial charge < -0.3 is 4.74 Å². The van der Waals surface area contributed by atoms with Gasteiger partial charge in [0.25, 0.3) is 0 Å². The van der Waals surface area contributed by atoms with Crippen LogP contribution < -0.4 is 4.74 Å². The number of halogens is 1. The molecule has 1 fully saturated rings. The third-order valence-corrected chi connectivity index (χ3v) is 6.39. The van der Waals surface area contributed by atoms with E-state index in [0.717, 1.165) is 28.7 Å². The molecule has 1 nitrogen and oxygen atoms in total. The third kappa shape index (κ3) is 7.63. The van der Waals surface area contributed by atoms with Crippen molar-refractivity contribution in [3.8, 4) is 16.9 Å². The van der Waals surface area contributed by atoms with Crippen molar-refractivity contribution in [1.82, 2.24) is 0 Å². The highest BCUT2D eigenvalue weighted by Crippen LogP contribution is 2.32. The molecule has 1 saturated carbocycles. The lowest BCUT2D eigenvalue weighted by Crippen LogP contribution is -2.13. The molecule has 1 aliphatic rings. The van der Waals surface area contributed by atoms with Gasteiger partial charge in [-0.1, -0.05) is 81.9 Å². The normalized spacial score (nSPS) is 19.3. The van der Waals surface area contributed by atoms with Gasteiger partial charge in [0.15, 0.2) is 0 Å². The fraction of sp³-hybridized carbons (Fsp3) is 0.500. The van der Waals surface area contributed by atoms with Gasteiger partial charge in [0.1, 0.15) is 18.2 Å². The number of hydrogen-bond donors (Lipinski definition) is 0. The van der Waals surface area contributed by atoms with E-state index < -0.39 is 0 Å². The molecule has 0 aromatic heterocycles. The first-order chi connectivity index (χ1) is 14.7. The maximum Gasteiger partial charge on any atom is 0.123 e. The molecule has 0 unspecified atom stereocenters. The Morgan fingerprint density at radius 3 is 2.13 bits per heavy atom. The molecule has 30 heavy (non-hydrogen) atoms. The standard InChI is InChI=1S/C28H37FO/c1-2-3-4-5-6-8-23-10-12-24(13-11-23)9-7-22-30-28-20-16-26(17-21-28)25-14-18-27(29)19-15-25/h7,9,14-21,23-24H,2-6,8,10-13,22H2,1H3/b9-7+/t23-,24-. The average Bonchev–Trinajstić information content (AvgIpc) is 2.78. The van der Waals surface area contributed by atoms with E-state index in [2.05, 4.69) is 19.1 Å². The molecular formula is C28H37FO. The highest BCUT2D eigenvalue weighted by Gasteiger charge is 2.18. The number of benzene rings is 2. The molecule has 0 amide bonds. The van der Waals surface area contributed by atoms with Crippen molar-refractivity contribution in [1.29, 1.82) is 0 Å². The first kappa shape index (κ1) is 22.6. The Kier molecular flexibility index (Phi) is 9.47. The molecule has 3 rings (SSSR count). The van der Waals surface area contributed by atoms with Crippen LogP contribution in [0.5, 0.6) is 5.75 Å². The maximum absolute atomic E-state index is 13.1. The van der Waals surface area contributed by atoms with Gasteiger partial charge in [-0.2, -0.15) is 0 Å². The van der Waals surface area contributed by atoms with Gasteiger partial charge in [-0.15, -0.1) is 0 Å². The Morgan fingerprint density at radius 2 is 1.47 bits per heavy atom. The minimum absolute atomic E-state index is 0.207. The molecule has 0 N–H and O–H groups in total. The Labute approximate surface area is 182 Å². The molecule has 0 bridgehead atoms. The van der Waals surface area contributed by atoms with Crippen LogP contribution in [-0.2, 0) is 0 Å². The molecule has 0 atom stereocenters. The fourth-order valence-electron chi connectivity index (χ4n) is 4.48. The lowest BCUT2D eigenvalue weighted by molar-refractivity contribution is 0.287. The van der Waals surface area contributed by atoms with Crippen LogP contribution in [0.25, 0.3) is 11.1 Å². The summed E-state index contributed by atoms with van der Waals surface area (Å²) in [6.07, 6.45) is 18.5. The Morgan fingerprint density at radius 1 is 0.833 bits per heavy atom. The second-order valence-electron chi connectivity index (χ2n) is 8.75. The lowest BCUT2D eigenvalue weighted by atomic mass is 9.79. The number of allylic oxidation sites excluding steroid dienone is 1. The Balaban J connectivity index is 1.32. The quantitative estimate of drug-likeness (QED) is 0.267. The van der Waals surface area contributed by atoms with Crippen LogP contribution in [0.1, 0.15) is 71.1 Å². The van der Waals surface area contributed by atoms with Gasteiger partial charge in [-0.25, -0.2) is 4.39 Å². The minimum atomic E-state index is -0.207. The summed E-state index contributed by atoms with van der Waals surface area (Å²) in [6, 6.07) is 14.6. The summed E-state index contributed by atoms with van der Waals surface area (Å²) >= 11 is 0. The van der Waals surface area contributed by atoms with Crippen LogP contribution >= 0.6 is 0 Å². The zero-order chi connectivity index (χ0) is 21.0. The Bertz CT molecular complexity index is 739. The molecule has 162 valence electrons. The van der Waals surface area contributed by atoms with Gasteiger partial charge in [0, 0.05) is 0 Å². The van der Waals surface area contributed by atoms with Crippen LogP contribution in [0.4, 0.5) is 4.39 Å². The molecule has 2 aromatic carbocycles. The van der Waals surface area contributed by atoms with Crippen molar-refractivity contribution in [2.75, 3.05) is 6.61 Å². The van der Waals surface area contributed by atoms with E-state index in [1.54, 1.807) is 12.1 Å². The topological polar surface area (TPSA) is 9.23 Å². The Hall–Kier alpha value is -2.09. The second-order valence-corrected chi connectivity index (χ2v) is 8.75. The first-order valence-corrected chi connectivity index (χ1v) is 11.9. The van der Waals surface area contributed by atoms with Crippen molar-refractivity contribution in [2.45, 2.75) is 71.1 Å². The van der Waals surface area contributed by atoms with Gasteiger partial charge >= 0.3 is 0 Å². The second kappa shape index (κ2) is 12.6. The number of unbranched alkanes of at least 4 members (excludes halogenated alkanes) is 4. The molecule has 2 aromatic rings. The van der Waals surface area contributed by atoms with E-state index in [0.29, 0.717) is 6.61 Å². The number of rotatable bonds is 11. The largest absolute Gasteiger partial charge is 0.490 e. The van der Waals surface area contributed by atoms with Gasteiger partial charge in [0.05, 0.1) is 0 Å². The average molecular weight is 409 g/mol. The highest BCUT2D eigenvalue weighted by atomic mass is 19.1. The minimum Gasteiger partial charge on any atom is -0.490 e. The predicted octanol–water partition coefficient (Wildman–Crippen LogP) is 8.59. The van der Waals surface area contributed by atoms with Crippen molar-refractivity contribution in [2.24, 2.45) is 11.8 Å². The molecule has 0 spiro atoms. The molecule has 0 heterocycles. The fourth-order valence-corrected chi connectivity index (χ4v) is 4.48. The number of ether oxygens (including phenoxy) is 1. The molecule has 0 aliphatic heterocycles. The molecule has 0 radical (unpaired) electrons. The molecule has 1 aliphatic carbocycles.